The van der Waals surface area contributed by atoms with E-state index in [0.29, 0.717) is 56.3 Å². The minimum atomic E-state index is -0.590. The van der Waals surface area contributed by atoms with E-state index in [-0.39, 0.29) is 17.7 Å². The van der Waals surface area contributed by atoms with Crippen molar-refractivity contribution in [3.63, 3.8) is 0 Å². The Labute approximate surface area is 164 Å². The van der Waals surface area contributed by atoms with Gasteiger partial charge in [-0.25, -0.2) is 4.79 Å². The third kappa shape index (κ3) is 3.44. The van der Waals surface area contributed by atoms with E-state index in [9.17, 15) is 14.4 Å². The van der Waals surface area contributed by atoms with Gasteiger partial charge in [-0.1, -0.05) is 48.5 Å². The molecule has 2 aromatic carbocycles. The van der Waals surface area contributed by atoms with Crippen LogP contribution in [-0.2, 0) is 15.1 Å². The number of hydrogen-bond acceptors (Lipinski definition) is 4. The van der Waals surface area contributed by atoms with Gasteiger partial charge in [0, 0.05) is 49.9 Å². The number of amides is 1. The molecule has 2 aromatic rings. The SMILES string of the molecule is O=C(CCCC(=O)N1CCC2(CC1)OC(=O)c1ccccc12)c1ccccc1. The third-order valence-corrected chi connectivity index (χ3v) is 5.74. The highest BCUT2D eigenvalue weighted by molar-refractivity contribution is 5.96. The lowest BCUT2D eigenvalue weighted by molar-refractivity contribution is -0.135. The fourth-order valence-corrected chi connectivity index (χ4v) is 4.16. The van der Waals surface area contributed by atoms with Crippen LogP contribution in [0.5, 0.6) is 0 Å². The lowest BCUT2D eigenvalue weighted by Gasteiger charge is -2.38. The highest BCUT2D eigenvalue weighted by Gasteiger charge is 2.47. The first-order chi connectivity index (χ1) is 13.6. The first kappa shape index (κ1) is 18.4. The zero-order valence-electron chi connectivity index (χ0n) is 15.7. The smallest absolute Gasteiger partial charge is 0.339 e. The number of rotatable bonds is 5. The molecule has 5 nitrogen and oxygen atoms in total. The molecule has 0 saturated carbocycles. The number of hydrogen-bond donors (Lipinski definition) is 0. The number of Topliss-reactive ketones (excluding diaryl/α,β-unsaturated/α-hetero) is 1. The Bertz CT molecular complexity index is 898. The fraction of sp³-hybridized carbons (Fsp3) is 0.348. The topological polar surface area (TPSA) is 63.7 Å². The van der Waals surface area contributed by atoms with Gasteiger partial charge in [0.2, 0.25) is 5.91 Å². The van der Waals surface area contributed by atoms with Crippen LogP contribution in [0, 0.1) is 0 Å². The van der Waals surface area contributed by atoms with Crippen LogP contribution in [0.3, 0.4) is 0 Å². The largest absolute Gasteiger partial charge is 0.450 e. The summed E-state index contributed by atoms with van der Waals surface area (Å²) >= 11 is 0. The molecule has 0 atom stereocenters. The van der Waals surface area contributed by atoms with Crippen molar-refractivity contribution in [1.29, 1.82) is 0 Å². The first-order valence-electron chi connectivity index (χ1n) is 9.78. The number of carbonyl (C=O) groups is 3. The van der Waals surface area contributed by atoms with Crippen molar-refractivity contribution >= 4 is 17.7 Å². The maximum absolute atomic E-state index is 12.5. The monoisotopic (exact) mass is 377 g/mol. The number of esters is 1. The molecule has 4 rings (SSSR count). The average molecular weight is 377 g/mol. The predicted octanol–water partition coefficient (Wildman–Crippen LogP) is 3.73. The van der Waals surface area contributed by atoms with Gasteiger partial charge in [-0.2, -0.15) is 0 Å². The number of ether oxygens (including phenoxy) is 1. The molecule has 0 N–H and O–H groups in total. The lowest BCUT2D eigenvalue weighted by Crippen LogP contribution is -2.45. The second kappa shape index (κ2) is 7.58. The number of fused-ring (bicyclic) bond motifs is 2. The molecule has 0 radical (unpaired) electrons. The molecule has 2 heterocycles. The molecule has 2 aliphatic rings. The molecule has 0 aromatic heterocycles. The Morgan fingerprint density at radius 2 is 1.61 bits per heavy atom. The van der Waals surface area contributed by atoms with Crippen molar-refractivity contribution in [1.82, 2.24) is 4.90 Å². The molecule has 1 fully saturated rings. The van der Waals surface area contributed by atoms with Gasteiger partial charge in [0.25, 0.3) is 0 Å². The van der Waals surface area contributed by atoms with Crippen molar-refractivity contribution < 1.29 is 19.1 Å². The second-order valence-electron chi connectivity index (χ2n) is 7.45. The van der Waals surface area contributed by atoms with Gasteiger partial charge in [0.1, 0.15) is 5.60 Å². The first-order valence-corrected chi connectivity index (χ1v) is 9.78. The van der Waals surface area contributed by atoms with Crippen molar-refractivity contribution in [3.05, 3.63) is 71.3 Å². The summed E-state index contributed by atoms with van der Waals surface area (Å²) in [6.45, 7) is 1.13. The highest BCUT2D eigenvalue weighted by Crippen LogP contribution is 2.44. The van der Waals surface area contributed by atoms with Crippen LogP contribution in [0.15, 0.2) is 54.6 Å². The van der Waals surface area contributed by atoms with E-state index in [4.69, 9.17) is 4.74 Å². The van der Waals surface area contributed by atoms with Crippen molar-refractivity contribution in [2.75, 3.05) is 13.1 Å². The van der Waals surface area contributed by atoms with E-state index < -0.39 is 5.60 Å². The summed E-state index contributed by atoms with van der Waals surface area (Å²) in [5.74, 6) is -0.136. The zero-order chi connectivity index (χ0) is 19.6. The number of benzene rings is 2. The fourth-order valence-electron chi connectivity index (χ4n) is 4.16. The second-order valence-corrected chi connectivity index (χ2v) is 7.45. The summed E-state index contributed by atoms with van der Waals surface area (Å²) in [6, 6.07) is 16.7. The molecule has 1 spiro atoms. The van der Waals surface area contributed by atoms with Crippen molar-refractivity contribution in [2.45, 2.75) is 37.7 Å². The van der Waals surface area contributed by atoms with Crippen molar-refractivity contribution in [2.24, 2.45) is 0 Å². The van der Waals surface area contributed by atoms with Gasteiger partial charge < -0.3 is 9.64 Å². The van der Waals surface area contributed by atoms with Gasteiger partial charge >= 0.3 is 5.97 Å². The van der Waals surface area contributed by atoms with Crippen LogP contribution < -0.4 is 0 Å². The summed E-state index contributed by atoms with van der Waals surface area (Å²) < 4.78 is 5.73. The molecule has 5 heteroatoms. The summed E-state index contributed by atoms with van der Waals surface area (Å²) in [6.07, 6.45) is 2.52. The van der Waals surface area contributed by atoms with Crippen LogP contribution in [0.1, 0.15) is 58.4 Å². The standard InChI is InChI=1S/C23H23NO4/c25-20(17-7-2-1-3-8-17)11-6-12-21(26)24-15-13-23(14-16-24)19-10-5-4-9-18(19)22(27)28-23/h1-5,7-10H,6,11-16H2. The Kier molecular flexibility index (Phi) is 4.99. The number of likely N-dealkylation sites (tertiary alicyclic amines) is 1. The lowest BCUT2D eigenvalue weighted by atomic mass is 9.83. The predicted molar refractivity (Wildman–Crippen MR) is 104 cm³/mol. The van der Waals surface area contributed by atoms with Crippen LogP contribution in [0.25, 0.3) is 0 Å². The van der Waals surface area contributed by atoms with Crippen LogP contribution in [0.2, 0.25) is 0 Å². The maximum Gasteiger partial charge on any atom is 0.339 e. The molecular formula is C23H23NO4. The zero-order valence-corrected chi connectivity index (χ0v) is 15.7. The summed E-state index contributed by atoms with van der Waals surface area (Å²) in [4.78, 5) is 38.7. The number of carbonyl (C=O) groups excluding carboxylic acids is 3. The molecule has 1 saturated heterocycles. The van der Waals surface area contributed by atoms with E-state index in [2.05, 4.69) is 0 Å². The minimum Gasteiger partial charge on any atom is -0.450 e. The Hall–Kier alpha value is -2.95. The van der Waals surface area contributed by atoms with E-state index >= 15 is 0 Å². The highest BCUT2D eigenvalue weighted by atomic mass is 16.6. The molecule has 2 aliphatic heterocycles. The van der Waals surface area contributed by atoms with E-state index in [1.54, 1.807) is 18.2 Å². The minimum absolute atomic E-state index is 0.0633. The summed E-state index contributed by atoms with van der Waals surface area (Å²) in [7, 11) is 0. The van der Waals surface area contributed by atoms with Crippen LogP contribution in [0.4, 0.5) is 0 Å². The van der Waals surface area contributed by atoms with Gasteiger partial charge in [0.15, 0.2) is 5.78 Å². The van der Waals surface area contributed by atoms with Gasteiger partial charge in [-0.05, 0) is 12.5 Å². The third-order valence-electron chi connectivity index (χ3n) is 5.74. The quantitative estimate of drug-likeness (QED) is 0.588. The summed E-state index contributed by atoms with van der Waals surface area (Å²) in [5.41, 5.74) is 1.69. The van der Waals surface area contributed by atoms with Crippen LogP contribution >= 0.6 is 0 Å². The maximum atomic E-state index is 12.5. The Morgan fingerprint density at radius 3 is 2.36 bits per heavy atom. The number of piperidine rings is 1. The Balaban J connectivity index is 1.29. The number of nitrogens with zero attached hydrogens (tertiary/aromatic N) is 1. The Morgan fingerprint density at radius 1 is 0.929 bits per heavy atom. The molecule has 144 valence electrons. The normalized spacial score (nSPS) is 17.3. The van der Waals surface area contributed by atoms with E-state index in [0.717, 1.165) is 5.56 Å². The van der Waals surface area contributed by atoms with Gasteiger partial charge in [-0.15, -0.1) is 0 Å². The van der Waals surface area contributed by atoms with Gasteiger partial charge in [0.05, 0.1) is 5.56 Å². The van der Waals surface area contributed by atoms with Crippen molar-refractivity contribution in [3.8, 4) is 0 Å². The number of ketones is 1. The van der Waals surface area contributed by atoms with E-state index in [1.807, 2.05) is 41.3 Å². The molecule has 0 bridgehead atoms. The molecule has 1 amide bonds. The summed E-state index contributed by atoms with van der Waals surface area (Å²) in [5, 5.41) is 0. The van der Waals surface area contributed by atoms with E-state index in [1.165, 1.54) is 0 Å². The average Bonchev–Trinajstić information content (AvgIpc) is 3.01. The molecular weight excluding hydrogens is 354 g/mol. The molecule has 0 aliphatic carbocycles. The van der Waals surface area contributed by atoms with Gasteiger partial charge in [-0.3, -0.25) is 9.59 Å². The van der Waals surface area contributed by atoms with Crippen LogP contribution in [-0.4, -0.2) is 35.6 Å². The molecule has 0 unspecified atom stereocenters. The molecule has 28 heavy (non-hydrogen) atoms.